The second-order valence-corrected chi connectivity index (χ2v) is 8.10. The highest BCUT2D eigenvalue weighted by molar-refractivity contribution is 5.84. The van der Waals surface area contributed by atoms with Gasteiger partial charge in [0.05, 0.1) is 41.2 Å². The third-order valence-corrected chi connectivity index (χ3v) is 5.55. The maximum absolute atomic E-state index is 12.9. The van der Waals surface area contributed by atoms with Gasteiger partial charge in [-0.25, -0.2) is 0 Å². The first-order valence-corrected chi connectivity index (χ1v) is 10.3. The Morgan fingerprint density at radius 1 is 1.28 bits per heavy atom. The number of benzene rings is 1. The standard InChI is InChI=1S/C23H28N4O2/c1-4-27-21-17(15-24-27)13-18-14-20(28)26-22(16-9-6-5-7-10-16)23(2,3)29-12-8-11-19(21)25-18/h5-7,9-10,13,15,22H,4,8,11-12,14H2,1-3H3,(H,26,28)/t22-/m1/s1. The summed E-state index contributed by atoms with van der Waals surface area (Å²) < 4.78 is 8.25. The van der Waals surface area contributed by atoms with Crippen LogP contribution in [-0.4, -0.2) is 32.9 Å². The normalized spacial score (nSPS) is 20.0. The molecule has 0 spiro atoms. The average Bonchev–Trinajstić information content (AvgIpc) is 3.12. The number of carbonyl (C=O) groups is 1. The zero-order valence-corrected chi connectivity index (χ0v) is 17.3. The van der Waals surface area contributed by atoms with Crippen molar-refractivity contribution in [1.82, 2.24) is 20.1 Å². The SMILES string of the molecule is CCn1ncc2cc3nc(c21)CCCOC(C)(C)[C@@H](c1ccccc1)NC(=O)C3. The van der Waals surface area contributed by atoms with Crippen molar-refractivity contribution in [2.24, 2.45) is 0 Å². The maximum atomic E-state index is 12.9. The van der Waals surface area contributed by atoms with E-state index in [1.807, 2.05) is 61.1 Å². The second kappa shape index (κ2) is 7.95. The van der Waals surface area contributed by atoms with Gasteiger partial charge in [0.15, 0.2) is 0 Å². The number of nitrogens with zero attached hydrogens (tertiary/aromatic N) is 3. The number of fused-ring (bicyclic) bond motifs is 4. The molecule has 2 aromatic heterocycles. The van der Waals surface area contributed by atoms with Crippen LogP contribution < -0.4 is 5.32 Å². The van der Waals surface area contributed by atoms with Crippen molar-refractivity contribution in [3.05, 3.63) is 59.5 Å². The number of aromatic nitrogens is 3. The molecule has 3 heterocycles. The fourth-order valence-electron chi connectivity index (χ4n) is 4.10. The predicted octanol–water partition coefficient (Wildman–Crippen LogP) is 3.59. The molecule has 29 heavy (non-hydrogen) atoms. The van der Waals surface area contributed by atoms with Gasteiger partial charge >= 0.3 is 0 Å². The van der Waals surface area contributed by atoms with Crippen molar-refractivity contribution in [2.45, 2.75) is 58.2 Å². The minimum absolute atomic E-state index is 0.0585. The van der Waals surface area contributed by atoms with E-state index in [9.17, 15) is 4.79 Å². The smallest absolute Gasteiger partial charge is 0.226 e. The molecular formula is C23H28N4O2. The Hall–Kier alpha value is -2.73. The molecule has 2 bridgehead atoms. The van der Waals surface area contributed by atoms with Crippen LogP contribution in [0.3, 0.4) is 0 Å². The van der Waals surface area contributed by atoms with E-state index in [1.165, 1.54) is 0 Å². The Balaban J connectivity index is 1.71. The fourth-order valence-corrected chi connectivity index (χ4v) is 4.10. The Morgan fingerprint density at radius 2 is 2.07 bits per heavy atom. The van der Waals surface area contributed by atoms with E-state index >= 15 is 0 Å². The molecular weight excluding hydrogens is 364 g/mol. The van der Waals surface area contributed by atoms with Gasteiger partial charge in [-0.1, -0.05) is 30.3 Å². The van der Waals surface area contributed by atoms with Crippen molar-refractivity contribution >= 4 is 16.8 Å². The Bertz CT molecular complexity index is 1010. The minimum Gasteiger partial charge on any atom is -0.373 e. The van der Waals surface area contributed by atoms with Crippen molar-refractivity contribution in [3.63, 3.8) is 0 Å². The summed E-state index contributed by atoms with van der Waals surface area (Å²) in [5.41, 5.74) is 3.35. The van der Waals surface area contributed by atoms with Crippen molar-refractivity contribution in [3.8, 4) is 0 Å². The topological polar surface area (TPSA) is 69.0 Å². The first-order chi connectivity index (χ1) is 14.0. The van der Waals surface area contributed by atoms with Crippen molar-refractivity contribution in [2.75, 3.05) is 6.61 Å². The van der Waals surface area contributed by atoms with Gasteiger partial charge in [-0.2, -0.15) is 5.10 Å². The van der Waals surface area contributed by atoms with Crippen molar-refractivity contribution < 1.29 is 9.53 Å². The second-order valence-electron chi connectivity index (χ2n) is 8.10. The van der Waals surface area contributed by atoms with E-state index in [2.05, 4.69) is 17.3 Å². The highest BCUT2D eigenvalue weighted by Crippen LogP contribution is 2.30. The van der Waals surface area contributed by atoms with Gasteiger partial charge in [0.25, 0.3) is 0 Å². The molecule has 1 aliphatic heterocycles. The first-order valence-electron chi connectivity index (χ1n) is 10.3. The number of carbonyl (C=O) groups excluding carboxylic acids is 1. The van der Waals surface area contributed by atoms with E-state index in [0.29, 0.717) is 6.61 Å². The quantitative estimate of drug-likeness (QED) is 0.724. The van der Waals surface area contributed by atoms with Gasteiger partial charge in [-0.05, 0) is 45.2 Å². The van der Waals surface area contributed by atoms with E-state index in [0.717, 1.165) is 47.2 Å². The zero-order chi connectivity index (χ0) is 20.4. The summed E-state index contributed by atoms with van der Waals surface area (Å²) >= 11 is 0. The molecule has 0 fully saturated rings. The van der Waals surface area contributed by atoms with Crippen LogP contribution in [0.1, 0.15) is 50.2 Å². The summed E-state index contributed by atoms with van der Waals surface area (Å²) in [6.45, 7) is 7.54. The average molecular weight is 393 g/mol. The number of pyridine rings is 1. The monoisotopic (exact) mass is 392 g/mol. The Morgan fingerprint density at radius 3 is 2.83 bits per heavy atom. The Labute approximate surface area is 171 Å². The third kappa shape index (κ3) is 4.03. The van der Waals surface area contributed by atoms with Gasteiger partial charge in [-0.3, -0.25) is 14.5 Å². The molecule has 1 aliphatic rings. The molecule has 4 rings (SSSR count). The van der Waals surface area contributed by atoms with Crippen LogP contribution in [0, 0.1) is 0 Å². The van der Waals surface area contributed by atoms with Gasteiger partial charge in [0, 0.05) is 18.5 Å². The fraction of sp³-hybridized carbons (Fsp3) is 0.435. The van der Waals surface area contributed by atoms with Crippen LogP contribution in [0.5, 0.6) is 0 Å². The summed E-state index contributed by atoms with van der Waals surface area (Å²) in [6, 6.07) is 11.8. The minimum atomic E-state index is -0.530. The molecule has 0 radical (unpaired) electrons. The largest absolute Gasteiger partial charge is 0.373 e. The van der Waals surface area contributed by atoms with E-state index in [1.54, 1.807) is 0 Å². The molecule has 152 valence electrons. The summed E-state index contributed by atoms with van der Waals surface area (Å²) in [6.07, 6.45) is 3.76. The predicted molar refractivity (Wildman–Crippen MR) is 113 cm³/mol. The van der Waals surface area contributed by atoms with Crippen LogP contribution in [0.4, 0.5) is 0 Å². The lowest BCUT2D eigenvalue weighted by Gasteiger charge is -2.35. The first kappa shape index (κ1) is 19.6. The number of hydrogen-bond acceptors (Lipinski definition) is 4. The maximum Gasteiger partial charge on any atom is 0.226 e. The highest BCUT2D eigenvalue weighted by Gasteiger charge is 2.33. The van der Waals surface area contributed by atoms with Crippen LogP contribution in [0.2, 0.25) is 0 Å². The van der Waals surface area contributed by atoms with Gasteiger partial charge in [0.1, 0.15) is 0 Å². The number of aryl methyl sites for hydroxylation is 2. The van der Waals surface area contributed by atoms with Gasteiger partial charge in [-0.15, -0.1) is 0 Å². The molecule has 1 N–H and O–H groups in total. The van der Waals surface area contributed by atoms with Crippen LogP contribution >= 0.6 is 0 Å². The molecule has 6 nitrogen and oxygen atoms in total. The molecule has 1 aromatic carbocycles. The molecule has 6 heteroatoms. The number of nitrogens with one attached hydrogen (secondary N) is 1. The van der Waals surface area contributed by atoms with Crippen LogP contribution in [-0.2, 0) is 28.9 Å². The summed E-state index contributed by atoms with van der Waals surface area (Å²) in [4.78, 5) is 17.8. The molecule has 0 unspecified atom stereocenters. The number of hydrogen-bond donors (Lipinski definition) is 1. The summed E-state index contributed by atoms with van der Waals surface area (Å²) in [5, 5.41) is 8.70. The van der Waals surface area contributed by atoms with Crippen LogP contribution in [0.25, 0.3) is 10.9 Å². The van der Waals surface area contributed by atoms with E-state index < -0.39 is 5.60 Å². The van der Waals surface area contributed by atoms with Crippen molar-refractivity contribution in [1.29, 1.82) is 0 Å². The number of rotatable bonds is 2. The van der Waals surface area contributed by atoms with E-state index in [4.69, 9.17) is 9.72 Å². The highest BCUT2D eigenvalue weighted by atomic mass is 16.5. The molecule has 3 aromatic rings. The Kier molecular flexibility index (Phi) is 5.37. The lowest BCUT2D eigenvalue weighted by atomic mass is 9.91. The molecule has 0 aliphatic carbocycles. The molecule has 0 saturated carbocycles. The van der Waals surface area contributed by atoms with Gasteiger partial charge < -0.3 is 10.1 Å². The lowest BCUT2D eigenvalue weighted by Crippen LogP contribution is -2.45. The number of ether oxygens (including phenoxy) is 1. The lowest BCUT2D eigenvalue weighted by molar-refractivity contribution is -0.124. The molecule has 0 saturated heterocycles. The third-order valence-electron chi connectivity index (χ3n) is 5.55. The molecule has 1 atom stereocenters. The molecule has 1 amide bonds. The van der Waals surface area contributed by atoms with Gasteiger partial charge in [0.2, 0.25) is 5.91 Å². The van der Waals surface area contributed by atoms with Crippen LogP contribution in [0.15, 0.2) is 42.6 Å². The summed E-state index contributed by atoms with van der Waals surface area (Å²) in [7, 11) is 0. The zero-order valence-electron chi connectivity index (χ0n) is 17.3. The number of amides is 1. The van der Waals surface area contributed by atoms with E-state index in [-0.39, 0.29) is 18.4 Å². The summed E-state index contributed by atoms with van der Waals surface area (Å²) in [5.74, 6) is -0.0585.